The summed E-state index contributed by atoms with van der Waals surface area (Å²) in [6.45, 7) is 3.63. The van der Waals surface area contributed by atoms with E-state index in [2.05, 4.69) is 10.1 Å². The highest BCUT2D eigenvalue weighted by Crippen LogP contribution is 2.24. The molecule has 1 aromatic heterocycles. The molecule has 18 heavy (non-hydrogen) atoms. The number of nitrogens with zero attached hydrogens (tertiary/aromatic N) is 2. The molecule has 0 bridgehead atoms. The lowest BCUT2D eigenvalue weighted by molar-refractivity contribution is 0.126. The molecule has 0 amide bonds. The van der Waals surface area contributed by atoms with Gasteiger partial charge in [0.2, 0.25) is 11.7 Å². The standard InChI is InChI=1S/C13H17N3O2/c1-13(2,14)12-15-11(16-18-12)10(17-3)9-7-5-4-6-8-9/h4-8,10H,14H2,1-3H3. The van der Waals surface area contributed by atoms with Crippen LogP contribution in [0, 0.1) is 0 Å². The van der Waals surface area contributed by atoms with Crippen LogP contribution in [0.15, 0.2) is 34.9 Å². The molecule has 2 aromatic rings. The molecule has 0 saturated heterocycles. The molecule has 0 saturated carbocycles. The fourth-order valence-electron chi connectivity index (χ4n) is 1.62. The molecule has 5 nitrogen and oxygen atoms in total. The van der Waals surface area contributed by atoms with Crippen LogP contribution in [0.3, 0.4) is 0 Å². The molecule has 0 spiro atoms. The maximum Gasteiger partial charge on any atom is 0.246 e. The van der Waals surface area contributed by atoms with Crippen molar-refractivity contribution in [1.82, 2.24) is 10.1 Å². The van der Waals surface area contributed by atoms with Crippen LogP contribution in [0.2, 0.25) is 0 Å². The molecule has 0 aliphatic rings. The van der Waals surface area contributed by atoms with Crippen molar-refractivity contribution in [3.05, 3.63) is 47.6 Å². The third kappa shape index (κ3) is 2.57. The number of rotatable bonds is 4. The Balaban J connectivity index is 2.32. The number of ether oxygens (including phenoxy) is 1. The molecule has 1 aromatic carbocycles. The predicted octanol–water partition coefficient (Wildman–Crippen LogP) is 2.00. The van der Waals surface area contributed by atoms with E-state index in [9.17, 15) is 0 Å². The van der Waals surface area contributed by atoms with Crippen molar-refractivity contribution >= 4 is 0 Å². The van der Waals surface area contributed by atoms with E-state index in [0.717, 1.165) is 5.56 Å². The third-order valence-electron chi connectivity index (χ3n) is 2.57. The SMILES string of the molecule is COC(c1ccccc1)c1noc(C(C)(C)N)n1. The van der Waals surface area contributed by atoms with E-state index in [-0.39, 0.29) is 6.10 Å². The van der Waals surface area contributed by atoms with E-state index in [4.69, 9.17) is 15.0 Å². The highest BCUT2D eigenvalue weighted by Gasteiger charge is 2.26. The quantitative estimate of drug-likeness (QED) is 0.894. The van der Waals surface area contributed by atoms with Crippen LogP contribution in [0.25, 0.3) is 0 Å². The molecule has 2 rings (SSSR count). The summed E-state index contributed by atoms with van der Waals surface area (Å²) in [5, 5.41) is 3.94. The molecule has 1 heterocycles. The first kappa shape index (κ1) is 12.7. The minimum Gasteiger partial charge on any atom is -0.369 e. The first-order chi connectivity index (χ1) is 8.52. The fraction of sp³-hybridized carbons (Fsp3) is 0.385. The second kappa shape index (κ2) is 4.88. The van der Waals surface area contributed by atoms with Gasteiger partial charge in [-0.3, -0.25) is 0 Å². The molecule has 2 N–H and O–H groups in total. The molecule has 1 unspecified atom stereocenters. The largest absolute Gasteiger partial charge is 0.369 e. The number of methoxy groups -OCH3 is 1. The van der Waals surface area contributed by atoms with E-state index in [0.29, 0.717) is 11.7 Å². The normalized spacial score (nSPS) is 13.6. The zero-order chi connectivity index (χ0) is 13.2. The second-order valence-corrected chi connectivity index (χ2v) is 4.71. The average molecular weight is 247 g/mol. The summed E-state index contributed by atoms with van der Waals surface area (Å²) < 4.78 is 10.6. The monoisotopic (exact) mass is 247 g/mol. The van der Waals surface area contributed by atoms with Gasteiger partial charge in [-0.15, -0.1) is 0 Å². The van der Waals surface area contributed by atoms with Gasteiger partial charge in [-0.05, 0) is 19.4 Å². The van der Waals surface area contributed by atoms with Crippen LogP contribution in [0.1, 0.15) is 37.2 Å². The minimum absolute atomic E-state index is 0.342. The lowest BCUT2D eigenvalue weighted by Gasteiger charge is -2.12. The Labute approximate surface area is 106 Å². The van der Waals surface area contributed by atoms with Crippen molar-refractivity contribution in [3.63, 3.8) is 0 Å². The fourth-order valence-corrected chi connectivity index (χ4v) is 1.62. The van der Waals surface area contributed by atoms with Gasteiger partial charge >= 0.3 is 0 Å². The van der Waals surface area contributed by atoms with Crippen LogP contribution in [0.4, 0.5) is 0 Å². The molecule has 0 fully saturated rings. The number of benzene rings is 1. The molecule has 0 radical (unpaired) electrons. The van der Waals surface area contributed by atoms with Gasteiger partial charge in [-0.2, -0.15) is 4.98 Å². The van der Waals surface area contributed by atoms with E-state index < -0.39 is 5.54 Å². The molecule has 0 aliphatic heterocycles. The number of hydrogen-bond donors (Lipinski definition) is 1. The summed E-state index contributed by atoms with van der Waals surface area (Å²) in [5.41, 5.74) is 6.24. The summed E-state index contributed by atoms with van der Waals surface area (Å²) in [5.74, 6) is 0.882. The Morgan fingerprint density at radius 1 is 1.28 bits per heavy atom. The topological polar surface area (TPSA) is 74.2 Å². The van der Waals surface area contributed by atoms with Crippen molar-refractivity contribution in [2.75, 3.05) is 7.11 Å². The molecular formula is C13H17N3O2. The Morgan fingerprint density at radius 2 is 1.94 bits per heavy atom. The summed E-state index contributed by atoms with van der Waals surface area (Å²) in [7, 11) is 1.61. The smallest absolute Gasteiger partial charge is 0.246 e. The number of nitrogens with two attached hydrogens (primary N) is 1. The van der Waals surface area contributed by atoms with Gasteiger partial charge in [0.25, 0.3) is 0 Å². The number of hydrogen-bond acceptors (Lipinski definition) is 5. The molecule has 96 valence electrons. The van der Waals surface area contributed by atoms with Crippen LogP contribution in [-0.2, 0) is 10.3 Å². The first-order valence-corrected chi connectivity index (χ1v) is 5.73. The lowest BCUT2D eigenvalue weighted by atomic mass is 10.1. The van der Waals surface area contributed by atoms with Gasteiger partial charge in [0.1, 0.15) is 6.10 Å². The first-order valence-electron chi connectivity index (χ1n) is 5.73. The van der Waals surface area contributed by atoms with Crippen LogP contribution < -0.4 is 5.73 Å². The summed E-state index contributed by atoms with van der Waals surface area (Å²) in [4.78, 5) is 4.30. The zero-order valence-electron chi connectivity index (χ0n) is 10.8. The van der Waals surface area contributed by atoms with E-state index in [1.54, 1.807) is 7.11 Å². The van der Waals surface area contributed by atoms with E-state index in [1.165, 1.54) is 0 Å². The van der Waals surface area contributed by atoms with Crippen LogP contribution in [-0.4, -0.2) is 17.3 Å². The van der Waals surface area contributed by atoms with Crippen molar-refractivity contribution in [2.45, 2.75) is 25.5 Å². The Kier molecular flexibility index (Phi) is 3.45. The Bertz CT molecular complexity index is 502. The molecule has 0 aliphatic carbocycles. The predicted molar refractivity (Wildman–Crippen MR) is 66.8 cm³/mol. The van der Waals surface area contributed by atoms with Crippen molar-refractivity contribution in [1.29, 1.82) is 0 Å². The maximum absolute atomic E-state index is 5.91. The van der Waals surface area contributed by atoms with Gasteiger partial charge in [0, 0.05) is 7.11 Å². The zero-order valence-corrected chi connectivity index (χ0v) is 10.8. The summed E-state index contributed by atoms with van der Waals surface area (Å²) in [6, 6.07) is 9.74. The Hall–Kier alpha value is -1.72. The van der Waals surface area contributed by atoms with Gasteiger partial charge in [-0.25, -0.2) is 0 Å². The van der Waals surface area contributed by atoms with Gasteiger partial charge in [-0.1, -0.05) is 35.5 Å². The molecule has 5 heteroatoms. The molecule has 1 atom stereocenters. The van der Waals surface area contributed by atoms with E-state index >= 15 is 0 Å². The minimum atomic E-state index is -0.653. The van der Waals surface area contributed by atoms with Crippen molar-refractivity contribution in [3.8, 4) is 0 Å². The van der Waals surface area contributed by atoms with Crippen molar-refractivity contribution < 1.29 is 9.26 Å². The third-order valence-corrected chi connectivity index (χ3v) is 2.57. The average Bonchev–Trinajstić information content (AvgIpc) is 2.81. The number of aromatic nitrogens is 2. The Morgan fingerprint density at radius 3 is 2.44 bits per heavy atom. The molecular weight excluding hydrogens is 230 g/mol. The van der Waals surface area contributed by atoms with Gasteiger partial charge < -0.3 is 15.0 Å². The van der Waals surface area contributed by atoms with Crippen molar-refractivity contribution in [2.24, 2.45) is 5.73 Å². The highest BCUT2D eigenvalue weighted by atomic mass is 16.5. The van der Waals surface area contributed by atoms with Crippen LogP contribution >= 0.6 is 0 Å². The lowest BCUT2D eigenvalue weighted by Crippen LogP contribution is -2.29. The van der Waals surface area contributed by atoms with Gasteiger partial charge in [0.05, 0.1) is 5.54 Å². The maximum atomic E-state index is 5.91. The van der Waals surface area contributed by atoms with Gasteiger partial charge in [0.15, 0.2) is 0 Å². The van der Waals surface area contributed by atoms with E-state index in [1.807, 2.05) is 44.2 Å². The van der Waals surface area contributed by atoms with Crippen LogP contribution in [0.5, 0.6) is 0 Å². The summed E-state index contributed by atoms with van der Waals surface area (Å²) in [6.07, 6.45) is -0.342. The second-order valence-electron chi connectivity index (χ2n) is 4.71. The highest BCUT2D eigenvalue weighted by molar-refractivity contribution is 5.22. The summed E-state index contributed by atoms with van der Waals surface area (Å²) >= 11 is 0.